The van der Waals surface area contributed by atoms with Gasteiger partial charge in [-0.1, -0.05) is 25.3 Å². The standard InChI is InChI=1S/C26H32N4O3/c1-26(2,3)33-25(32)30(21-11-12-22-20(14-21)16-28-29(4)24(22)31)17-18-10-13-23(27-15-18)19-8-6-5-7-9-19/h10-16,19H,5-9,17H2,1-4H3. The van der Waals surface area contributed by atoms with Gasteiger partial charge in [0.05, 0.1) is 18.1 Å². The van der Waals surface area contributed by atoms with Gasteiger partial charge in [0.15, 0.2) is 0 Å². The molecule has 1 aliphatic carbocycles. The smallest absolute Gasteiger partial charge is 0.415 e. The van der Waals surface area contributed by atoms with Gasteiger partial charge in [-0.05, 0) is 63.4 Å². The van der Waals surface area contributed by atoms with Crippen molar-refractivity contribution in [3.8, 4) is 0 Å². The summed E-state index contributed by atoms with van der Waals surface area (Å²) in [4.78, 5) is 31.8. The average Bonchev–Trinajstić information content (AvgIpc) is 2.79. The molecule has 3 aromatic rings. The van der Waals surface area contributed by atoms with Crippen LogP contribution >= 0.6 is 0 Å². The van der Waals surface area contributed by atoms with Gasteiger partial charge in [0.1, 0.15) is 5.60 Å². The summed E-state index contributed by atoms with van der Waals surface area (Å²) in [5, 5.41) is 5.34. The summed E-state index contributed by atoms with van der Waals surface area (Å²) >= 11 is 0. The van der Waals surface area contributed by atoms with Crippen molar-refractivity contribution >= 4 is 22.6 Å². The van der Waals surface area contributed by atoms with Gasteiger partial charge >= 0.3 is 6.09 Å². The fourth-order valence-corrected chi connectivity index (χ4v) is 4.33. The maximum Gasteiger partial charge on any atom is 0.415 e. The number of rotatable bonds is 4. The number of amides is 1. The maximum atomic E-state index is 13.1. The van der Waals surface area contributed by atoms with E-state index in [2.05, 4.69) is 11.2 Å². The molecule has 1 saturated carbocycles. The van der Waals surface area contributed by atoms with Crippen LogP contribution in [0.2, 0.25) is 0 Å². The highest BCUT2D eigenvalue weighted by molar-refractivity contribution is 5.92. The Morgan fingerprint density at radius 1 is 1.12 bits per heavy atom. The van der Waals surface area contributed by atoms with Gasteiger partial charge in [0.2, 0.25) is 0 Å². The van der Waals surface area contributed by atoms with Gasteiger partial charge in [-0.15, -0.1) is 0 Å². The molecule has 0 N–H and O–H groups in total. The van der Waals surface area contributed by atoms with Gasteiger partial charge in [0, 0.05) is 35.9 Å². The van der Waals surface area contributed by atoms with Crippen molar-refractivity contribution in [1.29, 1.82) is 0 Å². The lowest BCUT2D eigenvalue weighted by molar-refractivity contribution is 0.0577. The molecule has 0 radical (unpaired) electrons. The van der Waals surface area contributed by atoms with Crippen LogP contribution in [0.5, 0.6) is 0 Å². The van der Waals surface area contributed by atoms with E-state index in [4.69, 9.17) is 9.72 Å². The number of benzene rings is 1. The van der Waals surface area contributed by atoms with Gasteiger partial charge in [-0.3, -0.25) is 14.7 Å². The third-order valence-corrected chi connectivity index (χ3v) is 6.07. The van der Waals surface area contributed by atoms with E-state index in [1.807, 2.05) is 33.0 Å². The molecule has 0 bridgehead atoms. The molecular formula is C26H32N4O3. The van der Waals surface area contributed by atoms with Crippen LogP contribution in [0.3, 0.4) is 0 Å². The summed E-state index contributed by atoms with van der Waals surface area (Å²) < 4.78 is 6.98. The molecule has 0 spiro atoms. The first kappa shape index (κ1) is 23.0. The lowest BCUT2D eigenvalue weighted by Crippen LogP contribution is -2.36. The second kappa shape index (κ2) is 9.33. The van der Waals surface area contributed by atoms with Crippen LogP contribution in [0.4, 0.5) is 10.5 Å². The van der Waals surface area contributed by atoms with Crippen molar-refractivity contribution in [3.63, 3.8) is 0 Å². The molecule has 0 unspecified atom stereocenters. The molecule has 0 saturated heterocycles. The summed E-state index contributed by atoms with van der Waals surface area (Å²) in [5.41, 5.74) is 1.89. The van der Waals surface area contributed by atoms with Crippen LogP contribution in [0.1, 0.15) is 70.1 Å². The molecule has 7 nitrogen and oxygen atoms in total. The predicted octanol–water partition coefficient (Wildman–Crippen LogP) is 5.32. The molecule has 2 aromatic heterocycles. The summed E-state index contributed by atoms with van der Waals surface area (Å²) in [6.07, 6.45) is 9.28. The van der Waals surface area contributed by atoms with Gasteiger partial charge < -0.3 is 4.74 Å². The summed E-state index contributed by atoms with van der Waals surface area (Å²) in [6, 6.07) is 9.45. The van der Waals surface area contributed by atoms with E-state index in [1.54, 1.807) is 36.3 Å². The Hall–Kier alpha value is -3.22. The Labute approximate surface area is 194 Å². The third kappa shape index (κ3) is 5.41. The van der Waals surface area contributed by atoms with Crippen LogP contribution in [0.15, 0.2) is 47.5 Å². The molecule has 0 atom stereocenters. The second-order valence-corrected chi connectivity index (χ2v) is 9.84. The van der Waals surface area contributed by atoms with Crippen LogP contribution in [0.25, 0.3) is 10.8 Å². The highest BCUT2D eigenvalue weighted by atomic mass is 16.6. The number of carbonyl (C=O) groups excluding carboxylic acids is 1. The zero-order valence-electron chi connectivity index (χ0n) is 19.9. The van der Waals surface area contributed by atoms with Gasteiger partial charge in [-0.25, -0.2) is 9.48 Å². The van der Waals surface area contributed by atoms with Crippen LogP contribution in [0, 0.1) is 0 Å². The molecule has 1 aromatic carbocycles. The predicted molar refractivity (Wildman–Crippen MR) is 129 cm³/mol. The monoisotopic (exact) mass is 448 g/mol. The largest absolute Gasteiger partial charge is 0.443 e. The van der Waals surface area contributed by atoms with Crippen LogP contribution in [-0.2, 0) is 18.3 Å². The molecule has 0 aliphatic heterocycles. The van der Waals surface area contributed by atoms with Crippen molar-refractivity contribution in [3.05, 3.63) is 64.3 Å². The lowest BCUT2D eigenvalue weighted by atomic mass is 9.86. The minimum absolute atomic E-state index is 0.176. The highest BCUT2D eigenvalue weighted by Gasteiger charge is 2.25. The number of aromatic nitrogens is 3. The second-order valence-electron chi connectivity index (χ2n) is 9.84. The van der Waals surface area contributed by atoms with E-state index in [-0.39, 0.29) is 5.56 Å². The number of hydrogen-bond donors (Lipinski definition) is 0. The zero-order valence-corrected chi connectivity index (χ0v) is 19.9. The van der Waals surface area contributed by atoms with Crippen molar-refractivity contribution < 1.29 is 9.53 Å². The van der Waals surface area contributed by atoms with E-state index in [0.29, 0.717) is 28.9 Å². The lowest BCUT2D eigenvalue weighted by Gasteiger charge is -2.28. The fraction of sp³-hybridized carbons (Fsp3) is 0.462. The van der Waals surface area contributed by atoms with E-state index in [1.165, 1.54) is 36.8 Å². The van der Waals surface area contributed by atoms with E-state index in [0.717, 1.165) is 11.3 Å². The van der Waals surface area contributed by atoms with E-state index in [9.17, 15) is 9.59 Å². The third-order valence-electron chi connectivity index (χ3n) is 6.07. The Kier molecular flexibility index (Phi) is 6.49. The Balaban J connectivity index is 1.64. The molecule has 4 rings (SSSR count). The van der Waals surface area contributed by atoms with Crippen LogP contribution < -0.4 is 10.5 Å². The fourth-order valence-electron chi connectivity index (χ4n) is 4.33. The van der Waals surface area contributed by atoms with Crippen molar-refractivity contribution in [1.82, 2.24) is 14.8 Å². The number of pyridine rings is 1. The number of fused-ring (bicyclic) bond motifs is 1. The van der Waals surface area contributed by atoms with Gasteiger partial charge in [0.25, 0.3) is 5.56 Å². The number of carbonyl (C=O) groups is 1. The normalized spacial score (nSPS) is 14.9. The van der Waals surface area contributed by atoms with Crippen LogP contribution in [-0.4, -0.2) is 26.5 Å². The van der Waals surface area contributed by atoms with Crippen molar-refractivity contribution in [2.75, 3.05) is 4.90 Å². The minimum Gasteiger partial charge on any atom is -0.443 e. The zero-order chi connectivity index (χ0) is 23.6. The van der Waals surface area contributed by atoms with E-state index >= 15 is 0 Å². The van der Waals surface area contributed by atoms with Gasteiger partial charge in [-0.2, -0.15) is 5.10 Å². The summed E-state index contributed by atoms with van der Waals surface area (Å²) in [7, 11) is 1.62. The summed E-state index contributed by atoms with van der Waals surface area (Å²) in [6.45, 7) is 5.85. The summed E-state index contributed by atoms with van der Waals surface area (Å²) in [5.74, 6) is 0.533. The molecule has 174 valence electrons. The number of anilines is 1. The number of hydrogen-bond acceptors (Lipinski definition) is 5. The van der Waals surface area contributed by atoms with Crippen molar-refractivity contribution in [2.45, 2.75) is 70.9 Å². The number of ether oxygens (including phenoxy) is 1. The van der Waals surface area contributed by atoms with E-state index < -0.39 is 11.7 Å². The molecule has 2 heterocycles. The Bertz CT molecular complexity index is 1190. The molecule has 33 heavy (non-hydrogen) atoms. The first-order chi connectivity index (χ1) is 15.7. The Morgan fingerprint density at radius 2 is 1.88 bits per heavy atom. The average molecular weight is 449 g/mol. The molecule has 1 amide bonds. The highest BCUT2D eigenvalue weighted by Crippen LogP contribution is 2.31. The maximum absolute atomic E-state index is 13.1. The SMILES string of the molecule is Cn1ncc2cc(N(Cc3ccc(C4CCCCC4)nc3)C(=O)OC(C)(C)C)ccc2c1=O. The molecule has 1 aliphatic rings. The first-order valence-electron chi connectivity index (χ1n) is 11.6. The number of nitrogens with zero attached hydrogens (tertiary/aromatic N) is 4. The first-order valence-corrected chi connectivity index (χ1v) is 11.6. The molecular weight excluding hydrogens is 416 g/mol. The molecule has 1 fully saturated rings. The number of aryl methyl sites for hydroxylation is 1. The Morgan fingerprint density at radius 3 is 2.55 bits per heavy atom. The quantitative estimate of drug-likeness (QED) is 0.540. The topological polar surface area (TPSA) is 77.3 Å². The van der Waals surface area contributed by atoms with Crippen molar-refractivity contribution in [2.24, 2.45) is 7.05 Å². The minimum atomic E-state index is -0.632. The molecule has 7 heteroatoms.